The lowest BCUT2D eigenvalue weighted by Crippen LogP contribution is -2.59. The van der Waals surface area contributed by atoms with Crippen molar-refractivity contribution in [3.05, 3.63) is 0 Å². The minimum absolute atomic E-state index is 0.0817. The van der Waals surface area contributed by atoms with Crippen LogP contribution in [0.2, 0.25) is 0 Å². The second-order valence-electron chi connectivity index (χ2n) is 9.02. The Bertz CT molecular complexity index is 869. The number of aliphatic hydroxyl groups excluding tert-OH is 1. The van der Waals surface area contributed by atoms with E-state index in [1.54, 1.807) is 7.05 Å². The second kappa shape index (κ2) is 18.6. The topological polar surface area (TPSA) is 258 Å². The summed E-state index contributed by atoms with van der Waals surface area (Å²) >= 11 is 0. The minimum atomic E-state index is -1.54. The SMILES string of the molecule is CNCCCC[C@H](NC(=O)[C@H](CO)NC(=O)[C@H](C)NC(=O)[C@H](C)N)C(=O)N[C@@H](CC(=O)O)C(=O)N[C@@H](C)C=O. The van der Waals surface area contributed by atoms with Gasteiger partial charge in [-0.15, -0.1) is 0 Å². The van der Waals surface area contributed by atoms with E-state index in [9.17, 15) is 38.7 Å². The van der Waals surface area contributed by atoms with Gasteiger partial charge >= 0.3 is 5.97 Å². The first-order chi connectivity index (χ1) is 18.3. The van der Waals surface area contributed by atoms with Gasteiger partial charge in [0.25, 0.3) is 0 Å². The van der Waals surface area contributed by atoms with Crippen LogP contribution < -0.4 is 37.6 Å². The zero-order valence-corrected chi connectivity index (χ0v) is 22.6. The Kier molecular flexibility index (Phi) is 16.9. The molecule has 0 heterocycles. The number of nitrogens with one attached hydrogen (secondary N) is 6. The van der Waals surface area contributed by atoms with Gasteiger partial charge in [-0.3, -0.25) is 28.8 Å². The Morgan fingerprint density at radius 2 is 1.31 bits per heavy atom. The largest absolute Gasteiger partial charge is 0.481 e. The molecule has 0 aliphatic carbocycles. The van der Waals surface area contributed by atoms with E-state index in [-0.39, 0.29) is 6.42 Å². The number of carbonyl (C=O) groups is 7. The Morgan fingerprint density at radius 3 is 1.82 bits per heavy atom. The molecule has 0 unspecified atom stereocenters. The van der Waals surface area contributed by atoms with E-state index in [4.69, 9.17) is 10.8 Å². The van der Waals surface area contributed by atoms with Crippen LogP contribution in [0.25, 0.3) is 0 Å². The van der Waals surface area contributed by atoms with Gasteiger partial charge in [0.05, 0.1) is 25.1 Å². The fourth-order valence-electron chi connectivity index (χ4n) is 3.11. The highest BCUT2D eigenvalue weighted by atomic mass is 16.4. The summed E-state index contributed by atoms with van der Waals surface area (Å²) in [6.07, 6.45) is 0.771. The van der Waals surface area contributed by atoms with Gasteiger partial charge in [-0.2, -0.15) is 0 Å². The molecular weight excluding hydrogens is 518 g/mol. The van der Waals surface area contributed by atoms with Gasteiger partial charge in [0, 0.05) is 0 Å². The molecule has 0 rings (SSSR count). The van der Waals surface area contributed by atoms with Crippen molar-refractivity contribution >= 4 is 41.8 Å². The summed E-state index contributed by atoms with van der Waals surface area (Å²) in [5.41, 5.74) is 5.45. The smallest absolute Gasteiger partial charge is 0.305 e. The Morgan fingerprint density at radius 1 is 0.769 bits per heavy atom. The molecule has 16 nitrogen and oxygen atoms in total. The number of hydrogen-bond donors (Lipinski definition) is 9. The molecule has 0 fully saturated rings. The lowest BCUT2D eigenvalue weighted by atomic mass is 10.1. The number of amides is 5. The number of aliphatic hydroxyl groups is 1. The van der Waals surface area contributed by atoms with Crippen LogP contribution in [-0.2, 0) is 33.6 Å². The molecule has 0 aliphatic heterocycles. The fraction of sp³-hybridized carbons (Fsp3) is 0.696. The number of aldehydes is 1. The molecule has 6 atom stereocenters. The highest BCUT2D eigenvalue weighted by Crippen LogP contribution is 2.05. The zero-order valence-electron chi connectivity index (χ0n) is 22.6. The number of carbonyl (C=O) groups excluding carboxylic acids is 6. The molecule has 0 saturated heterocycles. The van der Waals surface area contributed by atoms with Crippen molar-refractivity contribution in [2.75, 3.05) is 20.2 Å². The van der Waals surface area contributed by atoms with Gasteiger partial charge in [0.2, 0.25) is 29.5 Å². The lowest BCUT2D eigenvalue weighted by Gasteiger charge is -2.25. The molecule has 222 valence electrons. The molecular formula is C23H41N7O9. The number of aliphatic carboxylic acids is 1. The molecule has 0 saturated carbocycles. The summed E-state index contributed by atoms with van der Waals surface area (Å²) in [6, 6.07) is -7.20. The monoisotopic (exact) mass is 559 g/mol. The van der Waals surface area contributed by atoms with Crippen molar-refractivity contribution in [1.82, 2.24) is 31.9 Å². The van der Waals surface area contributed by atoms with Crippen LogP contribution in [0.4, 0.5) is 0 Å². The zero-order chi connectivity index (χ0) is 30.1. The molecule has 0 aromatic carbocycles. The first-order valence-corrected chi connectivity index (χ1v) is 12.5. The van der Waals surface area contributed by atoms with Crippen molar-refractivity contribution in [3.63, 3.8) is 0 Å². The van der Waals surface area contributed by atoms with Crippen LogP contribution in [0.1, 0.15) is 46.5 Å². The van der Waals surface area contributed by atoms with E-state index < -0.39 is 84.8 Å². The van der Waals surface area contributed by atoms with E-state index in [0.717, 1.165) is 0 Å². The predicted molar refractivity (Wildman–Crippen MR) is 138 cm³/mol. The molecule has 0 aromatic rings. The molecule has 0 aliphatic rings. The number of nitrogens with two attached hydrogens (primary N) is 1. The van der Waals surface area contributed by atoms with Gasteiger partial charge in [-0.25, -0.2) is 0 Å². The maximum atomic E-state index is 13.0. The van der Waals surface area contributed by atoms with Crippen molar-refractivity contribution in [3.8, 4) is 0 Å². The highest BCUT2D eigenvalue weighted by Gasteiger charge is 2.31. The van der Waals surface area contributed by atoms with E-state index >= 15 is 0 Å². The first kappa shape index (κ1) is 35.4. The van der Waals surface area contributed by atoms with Crippen LogP contribution in [0.3, 0.4) is 0 Å². The van der Waals surface area contributed by atoms with E-state index in [2.05, 4.69) is 31.9 Å². The molecule has 0 bridgehead atoms. The molecule has 10 N–H and O–H groups in total. The van der Waals surface area contributed by atoms with Crippen LogP contribution in [-0.4, -0.2) is 108 Å². The van der Waals surface area contributed by atoms with Gasteiger partial charge in [-0.05, 0) is 53.6 Å². The van der Waals surface area contributed by atoms with Crippen LogP contribution in [0.5, 0.6) is 0 Å². The Hall–Kier alpha value is -3.63. The van der Waals surface area contributed by atoms with Crippen LogP contribution in [0, 0.1) is 0 Å². The molecule has 0 radical (unpaired) electrons. The molecule has 0 aromatic heterocycles. The van der Waals surface area contributed by atoms with Crippen molar-refractivity contribution in [2.45, 2.75) is 82.7 Å². The highest BCUT2D eigenvalue weighted by molar-refractivity contribution is 5.96. The quantitative estimate of drug-likeness (QED) is 0.0542. The van der Waals surface area contributed by atoms with Gasteiger partial charge in [0.15, 0.2) is 0 Å². The first-order valence-electron chi connectivity index (χ1n) is 12.5. The number of rotatable bonds is 19. The van der Waals surface area contributed by atoms with Crippen LogP contribution in [0.15, 0.2) is 0 Å². The summed E-state index contributed by atoms with van der Waals surface area (Å²) in [6.45, 7) is 3.89. The van der Waals surface area contributed by atoms with E-state index in [1.807, 2.05) is 0 Å². The van der Waals surface area contributed by atoms with Crippen LogP contribution >= 0.6 is 0 Å². The van der Waals surface area contributed by atoms with Gasteiger partial charge in [-0.1, -0.05) is 0 Å². The Balaban J connectivity index is 5.59. The molecule has 16 heteroatoms. The number of hydrogen-bond acceptors (Lipinski definition) is 10. The minimum Gasteiger partial charge on any atom is -0.481 e. The van der Waals surface area contributed by atoms with Crippen molar-refractivity contribution < 1.29 is 43.8 Å². The molecule has 0 spiro atoms. The fourth-order valence-corrected chi connectivity index (χ4v) is 3.11. The van der Waals surface area contributed by atoms with E-state index in [1.165, 1.54) is 20.8 Å². The third-order valence-electron chi connectivity index (χ3n) is 5.37. The average Bonchev–Trinajstić information content (AvgIpc) is 2.87. The normalized spacial score (nSPS) is 15.3. The predicted octanol–water partition coefficient (Wildman–Crippen LogP) is -4.15. The number of carboxylic acid groups (broad SMARTS) is 1. The average molecular weight is 560 g/mol. The Labute approximate surface area is 226 Å². The number of unbranched alkanes of at least 4 members (excludes halogenated alkanes) is 1. The summed E-state index contributed by atoms with van der Waals surface area (Å²) in [7, 11) is 1.73. The molecule has 39 heavy (non-hydrogen) atoms. The van der Waals surface area contributed by atoms with Crippen molar-refractivity contribution in [1.29, 1.82) is 0 Å². The summed E-state index contributed by atoms with van der Waals surface area (Å²) in [5, 5.41) is 33.3. The summed E-state index contributed by atoms with van der Waals surface area (Å²) in [4.78, 5) is 84.5. The second-order valence-corrected chi connectivity index (χ2v) is 9.02. The standard InChI is InChI=1S/C23H41N7O9/c1-12(10-31)26-22(38)16(9-18(33)34)29-21(37)15(7-5-6-8-25-4)28-23(39)17(11-32)30-20(36)14(3)27-19(35)13(2)24/h10,12-17,25,32H,5-9,11,24H2,1-4H3,(H,26,38)(H,27,35)(H,28,39)(H,29,37)(H,30,36)(H,33,34)/t12-,13-,14-,15-,16-,17-/m0/s1. The summed E-state index contributed by atoms with van der Waals surface area (Å²) in [5.74, 6) is -5.52. The lowest BCUT2D eigenvalue weighted by molar-refractivity contribution is -0.141. The molecule has 5 amide bonds. The van der Waals surface area contributed by atoms with Crippen molar-refractivity contribution in [2.24, 2.45) is 5.73 Å². The van der Waals surface area contributed by atoms with Gasteiger partial charge < -0.3 is 52.6 Å². The number of carboxylic acids is 1. The summed E-state index contributed by atoms with van der Waals surface area (Å²) < 4.78 is 0. The third kappa shape index (κ3) is 14.2. The maximum absolute atomic E-state index is 13.0. The third-order valence-corrected chi connectivity index (χ3v) is 5.37. The maximum Gasteiger partial charge on any atom is 0.305 e. The van der Waals surface area contributed by atoms with Gasteiger partial charge in [0.1, 0.15) is 30.5 Å². The van der Waals surface area contributed by atoms with E-state index in [0.29, 0.717) is 25.7 Å².